The molecule has 0 radical (unpaired) electrons. The molecular formula is C10H9BrN2OS. The van der Waals surface area contributed by atoms with Gasteiger partial charge >= 0.3 is 0 Å². The van der Waals surface area contributed by atoms with Gasteiger partial charge < -0.3 is 5.11 Å². The van der Waals surface area contributed by atoms with Crippen molar-refractivity contribution in [2.75, 3.05) is 0 Å². The van der Waals surface area contributed by atoms with Gasteiger partial charge in [-0.15, -0.1) is 11.3 Å². The lowest BCUT2D eigenvalue weighted by molar-refractivity contribution is 0.174. The number of aliphatic hydroxyl groups excluding tert-OH is 1. The highest BCUT2D eigenvalue weighted by Crippen LogP contribution is 2.24. The fourth-order valence-electron chi connectivity index (χ4n) is 1.24. The monoisotopic (exact) mass is 284 g/mol. The molecule has 15 heavy (non-hydrogen) atoms. The standard InChI is InChI=1S/C10H9BrN2OS/c11-7-3-8(15-6-7)4-10(14)9-5-12-1-2-13-9/h1-3,5-6,10,14H,4H2. The van der Waals surface area contributed by atoms with Crippen LogP contribution < -0.4 is 0 Å². The fourth-order valence-corrected chi connectivity index (χ4v) is 2.73. The van der Waals surface area contributed by atoms with Crippen LogP contribution in [0.3, 0.4) is 0 Å². The van der Waals surface area contributed by atoms with Crippen molar-refractivity contribution >= 4 is 27.3 Å². The van der Waals surface area contributed by atoms with Gasteiger partial charge in [-0.25, -0.2) is 0 Å². The zero-order valence-corrected chi connectivity index (χ0v) is 10.2. The lowest BCUT2D eigenvalue weighted by Gasteiger charge is -2.07. The predicted molar refractivity (Wildman–Crippen MR) is 62.7 cm³/mol. The van der Waals surface area contributed by atoms with Crippen molar-refractivity contribution in [2.45, 2.75) is 12.5 Å². The summed E-state index contributed by atoms with van der Waals surface area (Å²) in [4.78, 5) is 9.11. The second-order valence-electron chi connectivity index (χ2n) is 3.08. The Kier molecular flexibility index (Phi) is 3.45. The Labute approximate surface area is 100.0 Å². The largest absolute Gasteiger partial charge is 0.386 e. The third-order valence-electron chi connectivity index (χ3n) is 1.94. The first-order valence-electron chi connectivity index (χ1n) is 4.42. The van der Waals surface area contributed by atoms with Crippen molar-refractivity contribution in [3.8, 4) is 0 Å². The number of hydrogen-bond acceptors (Lipinski definition) is 4. The van der Waals surface area contributed by atoms with Gasteiger partial charge in [0.25, 0.3) is 0 Å². The van der Waals surface area contributed by atoms with E-state index >= 15 is 0 Å². The Bertz CT molecular complexity index is 432. The molecule has 0 aliphatic heterocycles. The molecule has 0 bridgehead atoms. The van der Waals surface area contributed by atoms with Gasteiger partial charge in [-0.1, -0.05) is 0 Å². The van der Waals surface area contributed by atoms with Gasteiger partial charge in [0.15, 0.2) is 0 Å². The molecule has 0 aliphatic rings. The molecule has 78 valence electrons. The third-order valence-corrected chi connectivity index (χ3v) is 3.66. The van der Waals surface area contributed by atoms with Crippen LogP contribution in [-0.4, -0.2) is 15.1 Å². The molecule has 0 spiro atoms. The summed E-state index contributed by atoms with van der Waals surface area (Å²) in [5.74, 6) is 0. The first kappa shape index (κ1) is 10.7. The number of aromatic nitrogens is 2. The van der Waals surface area contributed by atoms with Crippen LogP contribution in [-0.2, 0) is 6.42 Å². The van der Waals surface area contributed by atoms with Crippen molar-refractivity contribution in [1.82, 2.24) is 9.97 Å². The Morgan fingerprint density at radius 3 is 2.93 bits per heavy atom. The molecule has 5 heteroatoms. The highest BCUT2D eigenvalue weighted by atomic mass is 79.9. The average Bonchev–Trinajstić information content (AvgIpc) is 2.65. The maximum Gasteiger partial charge on any atom is 0.102 e. The molecule has 0 aliphatic carbocycles. The molecule has 2 heterocycles. The maximum atomic E-state index is 9.87. The SMILES string of the molecule is OC(Cc1cc(Br)cs1)c1cnccn1. The van der Waals surface area contributed by atoms with Gasteiger partial charge in [0.05, 0.1) is 11.9 Å². The van der Waals surface area contributed by atoms with Crippen molar-refractivity contribution in [3.05, 3.63) is 45.1 Å². The quantitative estimate of drug-likeness (QED) is 0.942. The van der Waals surface area contributed by atoms with Gasteiger partial charge in [-0.3, -0.25) is 9.97 Å². The highest BCUT2D eigenvalue weighted by molar-refractivity contribution is 9.10. The fraction of sp³-hybridized carbons (Fsp3) is 0.200. The molecule has 0 fully saturated rings. The molecule has 2 aromatic heterocycles. The van der Waals surface area contributed by atoms with E-state index in [9.17, 15) is 5.11 Å². The van der Waals surface area contributed by atoms with E-state index in [1.54, 1.807) is 29.9 Å². The van der Waals surface area contributed by atoms with E-state index in [1.807, 2.05) is 11.4 Å². The minimum Gasteiger partial charge on any atom is -0.386 e. The summed E-state index contributed by atoms with van der Waals surface area (Å²) in [6.45, 7) is 0. The molecule has 3 nitrogen and oxygen atoms in total. The number of halogens is 1. The minimum absolute atomic E-state index is 0.578. The van der Waals surface area contributed by atoms with E-state index < -0.39 is 6.10 Å². The lowest BCUT2D eigenvalue weighted by Crippen LogP contribution is -2.03. The molecule has 0 saturated heterocycles. The van der Waals surface area contributed by atoms with Crippen LogP contribution in [0.15, 0.2) is 34.5 Å². The van der Waals surface area contributed by atoms with Gasteiger partial charge in [-0.2, -0.15) is 0 Å². The Morgan fingerprint density at radius 1 is 1.47 bits per heavy atom. The second kappa shape index (κ2) is 4.83. The second-order valence-corrected chi connectivity index (χ2v) is 4.99. The van der Waals surface area contributed by atoms with Gasteiger partial charge in [-0.05, 0) is 22.0 Å². The summed E-state index contributed by atoms with van der Waals surface area (Å²) in [6.07, 6.45) is 4.77. The predicted octanol–water partition coefficient (Wildman–Crippen LogP) is 2.58. The van der Waals surface area contributed by atoms with Crippen molar-refractivity contribution in [1.29, 1.82) is 0 Å². The van der Waals surface area contributed by atoms with Crippen molar-refractivity contribution < 1.29 is 5.11 Å². The van der Waals surface area contributed by atoms with E-state index in [0.717, 1.165) is 9.35 Å². The molecule has 0 saturated carbocycles. The smallest absolute Gasteiger partial charge is 0.102 e. The van der Waals surface area contributed by atoms with E-state index in [-0.39, 0.29) is 0 Å². The average molecular weight is 285 g/mol. The zero-order valence-electron chi connectivity index (χ0n) is 7.80. The lowest BCUT2D eigenvalue weighted by atomic mass is 10.2. The van der Waals surface area contributed by atoms with Crippen LogP contribution in [0.25, 0.3) is 0 Å². The number of aliphatic hydroxyl groups is 1. The van der Waals surface area contributed by atoms with Gasteiger partial charge in [0.1, 0.15) is 6.10 Å². The first-order valence-corrected chi connectivity index (χ1v) is 6.10. The van der Waals surface area contributed by atoms with Crippen molar-refractivity contribution in [2.24, 2.45) is 0 Å². The van der Waals surface area contributed by atoms with Gasteiger partial charge in [0, 0.05) is 33.5 Å². The van der Waals surface area contributed by atoms with Crippen LogP contribution in [0.1, 0.15) is 16.7 Å². The van der Waals surface area contributed by atoms with Gasteiger partial charge in [0.2, 0.25) is 0 Å². The molecular weight excluding hydrogens is 276 g/mol. The minimum atomic E-state index is -0.579. The number of rotatable bonds is 3. The highest BCUT2D eigenvalue weighted by Gasteiger charge is 2.11. The number of hydrogen-bond donors (Lipinski definition) is 1. The molecule has 1 atom stereocenters. The molecule has 1 N–H and O–H groups in total. The summed E-state index contributed by atoms with van der Waals surface area (Å²) < 4.78 is 1.05. The third kappa shape index (κ3) is 2.84. The van der Waals surface area contributed by atoms with E-state index in [4.69, 9.17) is 0 Å². The Morgan fingerprint density at radius 2 is 2.33 bits per heavy atom. The van der Waals surface area contributed by atoms with Crippen LogP contribution >= 0.6 is 27.3 Å². The van der Waals surface area contributed by atoms with E-state index in [2.05, 4.69) is 25.9 Å². The molecule has 1 unspecified atom stereocenters. The molecule has 2 aromatic rings. The summed E-state index contributed by atoms with van der Waals surface area (Å²) in [7, 11) is 0. The Hall–Kier alpha value is -0.780. The Balaban J connectivity index is 2.07. The normalized spacial score (nSPS) is 12.7. The first-order chi connectivity index (χ1) is 7.25. The zero-order chi connectivity index (χ0) is 10.7. The van der Waals surface area contributed by atoms with E-state index in [0.29, 0.717) is 12.1 Å². The maximum absolute atomic E-state index is 9.87. The number of nitrogens with zero attached hydrogens (tertiary/aromatic N) is 2. The van der Waals surface area contributed by atoms with Crippen LogP contribution in [0.2, 0.25) is 0 Å². The van der Waals surface area contributed by atoms with Crippen LogP contribution in [0.5, 0.6) is 0 Å². The summed E-state index contributed by atoms with van der Waals surface area (Å²) in [6, 6.07) is 2.00. The summed E-state index contributed by atoms with van der Waals surface area (Å²) in [5.41, 5.74) is 0.613. The molecule has 2 rings (SSSR count). The van der Waals surface area contributed by atoms with Crippen LogP contribution in [0, 0.1) is 0 Å². The summed E-state index contributed by atoms with van der Waals surface area (Å²) >= 11 is 5.00. The van der Waals surface area contributed by atoms with Crippen molar-refractivity contribution in [3.63, 3.8) is 0 Å². The number of thiophene rings is 1. The van der Waals surface area contributed by atoms with E-state index in [1.165, 1.54) is 0 Å². The topological polar surface area (TPSA) is 46.0 Å². The molecule has 0 amide bonds. The molecule has 0 aromatic carbocycles. The summed E-state index contributed by atoms with van der Waals surface area (Å²) in [5, 5.41) is 11.9. The van der Waals surface area contributed by atoms with Crippen LogP contribution in [0.4, 0.5) is 0 Å².